The molecule has 0 spiro atoms. The van der Waals surface area contributed by atoms with Gasteiger partial charge in [0.15, 0.2) is 0 Å². The molecule has 0 aliphatic heterocycles. The molecule has 0 atom stereocenters. The average molecular weight is 339 g/mol. The Bertz CT molecular complexity index is 770. The molecule has 0 saturated carbocycles. The molecule has 0 heterocycles. The van der Waals surface area contributed by atoms with Gasteiger partial charge in [-0.2, -0.15) is 0 Å². The molecule has 0 aromatic heterocycles. The minimum absolute atomic E-state index is 0.206. The van der Waals surface area contributed by atoms with Crippen molar-refractivity contribution in [3.05, 3.63) is 65.2 Å². The number of carbonyl (C=O) groups is 3. The number of hydrazine groups is 1. The molecule has 25 heavy (non-hydrogen) atoms. The third kappa shape index (κ3) is 5.17. The van der Waals surface area contributed by atoms with Crippen LogP contribution in [0.4, 0.5) is 5.69 Å². The molecule has 2 rings (SSSR count). The van der Waals surface area contributed by atoms with Crippen molar-refractivity contribution in [2.24, 2.45) is 0 Å². The molecule has 2 aromatic carbocycles. The fourth-order valence-corrected chi connectivity index (χ4v) is 2.22. The van der Waals surface area contributed by atoms with Crippen molar-refractivity contribution in [1.29, 1.82) is 0 Å². The Hall–Kier alpha value is -3.15. The van der Waals surface area contributed by atoms with E-state index >= 15 is 0 Å². The van der Waals surface area contributed by atoms with Gasteiger partial charge in [0.2, 0.25) is 5.91 Å². The van der Waals surface area contributed by atoms with Crippen molar-refractivity contribution in [1.82, 2.24) is 10.9 Å². The largest absolute Gasteiger partial charge is 0.322 e. The van der Waals surface area contributed by atoms with Crippen molar-refractivity contribution < 1.29 is 14.4 Å². The standard InChI is InChI=1S/C19H21N3O3/c1-3-6-17(23)21-22-18(24)14-9-11-15(12-10-14)20-19(25)16-8-5-4-7-13(16)2/h4-5,7-12H,3,6H2,1-2H3,(H,20,25)(H,21,23)(H,22,24). The fraction of sp³-hybridized carbons (Fsp3) is 0.211. The van der Waals surface area contributed by atoms with Gasteiger partial charge in [0.05, 0.1) is 0 Å². The van der Waals surface area contributed by atoms with Gasteiger partial charge < -0.3 is 5.32 Å². The molecular weight excluding hydrogens is 318 g/mol. The summed E-state index contributed by atoms with van der Waals surface area (Å²) in [5, 5.41) is 2.79. The number of hydrogen-bond donors (Lipinski definition) is 3. The average Bonchev–Trinajstić information content (AvgIpc) is 2.61. The molecule has 6 nitrogen and oxygen atoms in total. The second-order valence-electron chi connectivity index (χ2n) is 5.60. The van der Waals surface area contributed by atoms with E-state index in [1.54, 1.807) is 30.3 Å². The lowest BCUT2D eigenvalue weighted by atomic mass is 10.1. The molecule has 3 N–H and O–H groups in total. The first-order valence-electron chi connectivity index (χ1n) is 8.07. The predicted octanol–water partition coefficient (Wildman–Crippen LogP) is 2.81. The zero-order valence-electron chi connectivity index (χ0n) is 14.3. The molecule has 130 valence electrons. The first kappa shape index (κ1) is 18.2. The van der Waals surface area contributed by atoms with E-state index < -0.39 is 5.91 Å². The van der Waals surface area contributed by atoms with Crippen LogP contribution in [0.15, 0.2) is 48.5 Å². The van der Waals surface area contributed by atoms with Crippen LogP contribution in [0.25, 0.3) is 0 Å². The Morgan fingerprint density at radius 3 is 2.20 bits per heavy atom. The van der Waals surface area contributed by atoms with Crippen LogP contribution < -0.4 is 16.2 Å². The van der Waals surface area contributed by atoms with Crippen LogP contribution in [0, 0.1) is 6.92 Å². The second-order valence-corrected chi connectivity index (χ2v) is 5.60. The molecule has 0 saturated heterocycles. The summed E-state index contributed by atoms with van der Waals surface area (Å²) in [6, 6.07) is 13.7. The molecule has 0 bridgehead atoms. The molecular formula is C19H21N3O3. The Labute approximate surface area is 146 Å². The van der Waals surface area contributed by atoms with Crippen molar-refractivity contribution in [3.63, 3.8) is 0 Å². The minimum atomic E-state index is -0.416. The summed E-state index contributed by atoms with van der Waals surface area (Å²) in [7, 11) is 0. The minimum Gasteiger partial charge on any atom is -0.322 e. The number of nitrogens with one attached hydrogen (secondary N) is 3. The van der Waals surface area contributed by atoms with Gasteiger partial charge in [0.1, 0.15) is 0 Å². The van der Waals surface area contributed by atoms with Gasteiger partial charge in [0, 0.05) is 23.2 Å². The highest BCUT2D eigenvalue weighted by Gasteiger charge is 2.10. The summed E-state index contributed by atoms with van der Waals surface area (Å²) in [4.78, 5) is 35.5. The lowest BCUT2D eigenvalue weighted by molar-refractivity contribution is -0.121. The molecule has 0 aliphatic carbocycles. The van der Waals surface area contributed by atoms with Crippen LogP contribution in [0.5, 0.6) is 0 Å². The van der Waals surface area contributed by atoms with Crippen molar-refractivity contribution in [2.45, 2.75) is 26.7 Å². The number of aryl methyl sites for hydroxylation is 1. The Morgan fingerprint density at radius 2 is 1.56 bits per heavy atom. The van der Waals surface area contributed by atoms with E-state index in [1.165, 1.54) is 0 Å². The SMILES string of the molecule is CCCC(=O)NNC(=O)c1ccc(NC(=O)c2ccccc2C)cc1. The van der Waals surface area contributed by atoms with Crippen LogP contribution in [0.1, 0.15) is 46.0 Å². The lowest BCUT2D eigenvalue weighted by Crippen LogP contribution is -2.41. The molecule has 0 aliphatic rings. The van der Waals surface area contributed by atoms with Gasteiger partial charge in [-0.25, -0.2) is 0 Å². The normalized spacial score (nSPS) is 10.0. The molecule has 0 fully saturated rings. The highest BCUT2D eigenvalue weighted by molar-refractivity contribution is 6.05. The van der Waals surface area contributed by atoms with Crippen LogP contribution in [0.2, 0.25) is 0 Å². The summed E-state index contributed by atoms with van der Waals surface area (Å²) < 4.78 is 0. The zero-order chi connectivity index (χ0) is 18.2. The molecule has 2 aromatic rings. The summed E-state index contributed by atoms with van der Waals surface area (Å²) >= 11 is 0. The quantitative estimate of drug-likeness (QED) is 0.732. The highest BCUT2D eigenvalue weighted by atomic mass is 16.2. The molecule has 6 heteroatoms. The summed E-state index contributed by atoms with van der Waals surface area (Å²) in [5.74, 6) is -0.860. The van der Waals surface area contributed by atoms with E-state index in [4.69, 9.17) is 0 Å². The predicted molar refractivity (Wildman–Crippen MR) is 96.1 cm³/mol. The van der Waals surface area contributed by atoms with Gasteiger partial charge in [-0.1, -0.05) is 25.1 Å². The smallest absolute Gasteiger partial charge is 0.269 e. The Balaban J connectivity index is 1.95. The van der Waals surface area contributed by atoms with Gasteiger partial charge in [-0.05, 0) is 49.2 Å². The van der Waals surface area contributed by atoms with E-state index in [0.717, 1.165) is 5.56 Å². The molecule has 0 radical (unpaired) electrons. The van der Waals surface area contributed by atoms with E-state index in [2.05, 4.69) is 16.2 Å². The number of rotatable bonds is 5. The number of hydrogen-bond acceptors (Lipinski definition) is 3. The molecule has 0 unspecified atom stereocenters. The van der Waals surface area contributed by atoms with Crippen molar-refractivity contribution in [2.75, 3.05) is 5.32 Å². The van der Waals surface area contributed by atoms with E-state index in [-0.39, 0.29) is 11.8 Å². The number of benzene rings is 2. The van der Waals surface area contributed by atoms with Gasteiger partial charge in [0.25, 0.3) is 11.8 Å². The molecule has 3 amide bonds. The lowest BCUT2D eigenvalue weighted by Gasteiger charge is -2.09. The summed E-state index contributed by atoms with van der Waals surface area (Å²) in [6.07, 6.45) is 1.06. The summed E-state index contributed by atoms with van der Waals surface area (Å²) in [6.45, 7) is 3.75. The zero-order valence-corrected chi connectivity index (χ0v) is 14.3. The fourth-order valence-electron chi connectivity index (χ4n) is 2.22. The van der Waals surface area contributed by atoms with Crippen molar-refractivity contribution >= 4 is 23.4 Å². The van der Waals surface area contributed by atoms with E-state index in [0.29, 0.717) is 29.7 Å². The number of amides is 3. The van der Waals surface area contributed by atoms with Gasteiger partial charge in [-0.15, -0.1) is 0 Å². The maximum atomic E-state index is 12.3. The first-order chi connectivity index (χ1) is 12.0. The Morgan fingerprint density at radius 1 is 0.880 bits per heavy atom. The number of anilines is 1. The van der Waals surface area contributed by atoms with E-state index in [9.17, 15) is 14.4 Å². The third-order valence-corrected chi connectivity index (χ3v) is 3.59. The highest BCUT2D eigenvalue weighted by Crippen LogP contribution is 2.13. The van der Waals surface area contributed by atoms with Crippen molar-refractivity contribution in [3.8, 4) is 0 Å². The topological polar surface area (TPSA) is 87.3 Å². The van der Waals surface area contributed by atoms with Crippen LogP contribution in [0.3, 0.4) is 0 Å². The second kappa shape index (κ2) is 8.63. The maximum absolute atomic E-state index is 12.3. The number of carbonyl (C=O) groups excluding carboxylic acids is 3. The maximum Gasteiger partial charge on any atom is 0.269 e. The monoisotopic (exact) mass is 339 g/mol. The summed E-state index contributed by atoms with van der Waals surface area (Å²) in [5.41, 5.74) is 7.15. The Kier molecular flexibility index (Phi) is 6.28. The first-order valence-corrected chi connectivity index (χ1v) is 8.07. The van der Waals surface area contributed by atoms with Crippen LogP contribution >= 0.6 is 0 Å². The van der Waals surface area contributed by atoms with Gasteiger partial charge in [-0.3, -0.25) is 25.2 Å². The van der Waals surface area contributed by atoms with Gasteiger partial charge >= 0.3 is 0 Å². The third-order valence-electron chi connectivity index (χ3n) is 3.59. The van der Waals surface area contributed by atoms with Crippen LogP contribution in [-0.2, 0) is 4.79 Å². The van der Waals surface area contributed by atoms with Crippen LogP contribution in [-0.4, -0.2) is 17.7 Å². The van der Waals surface area contributed by atoms with E-state index in [1.807, 2.05) is 32.0 Å².